The van der Waals surface area contributed by atoms with Crippen molar-refractivity contribution in [2.24, 2.45) is 0 Å². The number of carbonyl (C=O) groups excluding carboxylic acids is 1. The fraction of sp³-hybridized carbons (Fsp3) is 0.350. The molecule has 0 aliphatic carbocycles. The molecule has 1 atom stereocenters. The van der Waals surface area contributed by atoms with Gasteiger partial charge in [0.1, 0.15) is 5.75 Å². The zero-order valence-electron chi connectivity index (χ0n) is 14.3. The molecule has 0 aromatic heterocycles. The van der Waals surface area contributed by atoms with Crippen molar-refractivity contribution in [2.75, 3.05) is 13.2 Å². The lowest BCUT2D eigenvalue weighted by Gasteiger charge is -2.14. The fourth-order valence-electron chi connectivity index (χ4n) is 2.33. The van der Waals surface area contributed by atoms with Crippen molar-refractivity contribution in [3.63, 3.8) is 0 Å². The van der Waals surface area contributed by atoms with Crippen LogP contribution in [0.5, 0.6) is 5.75 Å². The smallest absolute Gasteiger partial charge is 0.232 e. The Balaban J connectivity index is 1.75. The van der Waals surface area contributed by atoms with Gasteiger partial charge < -0.3 is 10.1 Å². The molecule has 0 saturated carbocycles. The lowest BCUT2D eigenvalue weighted by atomic mass is 10.1. The number of thioether (sulfide) groups is 1. The molecule has 0 heterocycles. The summed E-state index contributed by atoms with van der Waals surface area (Å²) in [6, 6.07) is 18.2. The number of nitrogens with one attached hydrogen (secondary N) is 1. The summed E-state index contributed by atoms with van der Waals surface area (Å²) in [6.07, 6.45) is 0.858. The van der Waals surface area contributed by atoms with E-state index in [9.17, 15) is 4.79 Å². The normalized spacial score (nSPS) is 11.8. The second-order valence-electron chi connectivity index (χ2n) is 5.52. The number of ether oxygens (including phenoxy) is 1. The molecule has 1 amide bonds. The van der Waals surface area contributed by atoms with E-state index in [1.165, 1.54) is 5.56 Å². The highest BCUT2D eigenvalue weighted by Crippen LogP contribution is 2.25. The highest BCUT2D eigenvalue weighted by molar-refractivity contribution is 7.99. The maximum Gasteiger partial charge on any atom is 0.232 e. The van der Waals surface area contributed by atoms with Gasteiger partial charge in [-0.15, -0.1) is 11.8 Å². The number of benzene rings is 2. The van der Waals surface area contributed by atoms with Gasteiger partial charge in [-0.05, 0) is 31.9 Å². The largest absolute Gasteiger partial charge is 0.494 e. The van der Waals surface area contributed by atoms with Crippen LogP contribution in [0.4, 0.5) is 0 Å². The van der Waals surface area contributed by atoms with Crippen LogP contribution >= 0.6 is 11.8 Å². The second-order valence-corrected chi connectivity index (χ2v) is 6.85. The van der Waals surface area contributed by atoms with Gasteiger partial charge in [-0.2, -0.15) is 0 Å². The zero-order chi connectivity index (χ0) is 17.2. The second kappa shape index (κ2) is 10.0. The van der Waals surface area contributed by atoms with Gasteiger partial charge in [-0.1, -0.05) is 48.5 Å². The molecule has 0 fully saturated rings. The minimum absolute atomic E-state index is 0.0875. The highest BCUT2D eigenvalue weighted by Gasteiger charge is 2.14. The summed E-state index contributed by atoms with van der Waals surface area (Å²) in [4.78, 5) is 12.2. The van der Waals surface area contributed by atoms with Gasteiger partial charge in [0.25, 0.3) is 0 Å². The summed E-state index contributed by atoms with van der Waals surface area (Å²) in [5.41, 5.74) is 2.37. The van der Waals surface area contributed by atoms with Crippen molar-refractivity contribution in [3.8, 4) is 5.75 Å². The monoisotopic (exact) mass is 343 g/mol. The van der Waals surface area contributed by atoms with E-state index in [1.807, 2.05) is 50.2 Å². The number of amides is 1. The minimum atomic E-state index is -0.0875. The van der Waals surface area contributed by atoms with E-state index < -0.39 is 0 Å². The summed E-state index contributed by atoms with van der Waals surface area (Å²) >= 11 is 1.63. The third-order valence-electron chi connectivity index (χ3n) is 3.69. The molecule has 0 saturated heterocycles. The highest BCUT2D eigenvalue weighted by atomic mass is 32.2. The Morgan fingerprint density at radius 3 is 2.58 bits per heavy atom. The quantitative estimate of drug-likeness (QED) is 0.746. The first-order valence-electron chi connectivity index (χ1n) is 8.34. The van der Waals surface area contributed by atoms with E-state index in [4.69, 9.17) is 4.74 Å². The molecule has 2 aromatic carbocycles. The van der Waals surface area contributed by atoms with E-state index >= 15 is 0 Å². The Kier molecular flexibility index (Phi) is 7.69. The summed E-state index contributed by atoms with van der Waals surface area (Å²) in [5.74, 6) is 1.76. The lowest BCUT2D eigenvalue weighted by molar-refractivity contribution is -0.120. The van der Waals surface area contributed by atoms with Crippen molar-refractivity contribution in [2.45, 2.75) is 31.3 Å². The van der Waals surface area contributed by atoms with Crippen molar-refractivity contribution >= 4 is 17.7 Å². The Labute approximate surface area is 148 Å². The first-order valence-corrected chi connectivity index (χ1v) is 9.39. The molecule has 0 aliphatic heterocycles. The van der Waals surface area contributed by atoms with Gasteiger partial charge in [-0.25, -0.2) is 0 Å². The van der Waals surface area contributed by atoms with E-state index in [0.29, 0.717) is 13.2 Å². The Hall–Kier alpha value is -1.94. The summed E-state index contributed by atoms with van der Waals surface area (Å²) in [7, 11) is 0. The third kappa shape index (κ3) is 5.93. The van der Waals surface area contributed by atoms with Crippen molar-refractivity contribution in [1.29, 1.82) is 0 Å². The van der Waals surface area contributed by atoms with Crippen LogP contribution in [0.25, 0.3) is 0 Å². The Morgan fingerprint density at radius 2 is 1.83 bits per heavy atom. The topological polar surface area (TPSA) is 38.3 Å². The van der Waals surface area contributed by atoms with Crippen LogP contribution in [0.15, 0.2) is 54.6 Å². The lowest BCUT2D eigenvalue weighted by Crippen LogP contribution is -2.32. The number of hydrogen-bond donors (Lipinski definition) is 1. The van der Waals surface area contributed by atoms with Gasteiger partial charge in [0.05, 0.1) is 11.9 Å². The van der Waals surface area contributed by atoms with E-state index in [0.717, 1.165) is 23.5 Å². The van der Waals surface area contributed by atoms with Crippen LogP contribution in [0.3, 0.4) is 0 Å². The van der Waals surface area contributed by atoms with Gasteiger partial charge in [0.2, 0.25) is 5.91 Å². The van der Waals surface area contributed by atoms with Crippen LogP contribution in [0.2, 0.25) is 0 Å². The average molecular weight is 343 g/mol. The molecule has 2 aromatic rings. The number of carbonyl (C=O) groups is 1. The molecule has 0 spiro atoms. The van der Waals surface area contributed by atoms with Gasteiger partial charge in [0.15, 0.2) is 0 Å². The fourth-order valence-corrected chi connectivity index (χ4v) is 3.23. The molecule has 24 heavy (non-hydrogen) atoms. The van der Waals surface area contributed by atoms with Gasteiger partial charge >= 0.3 is 0 Å². The molecule has 0 bridgehead atoms. The maximum atomic E-state index is 12.2. The molecule has 128 valence electrons. The predicted molar refractivity (Wildman–Crippen MR) is 102 cm³/mol. The molecule has 4 heteroatoms. The molecule has 0 aliphatic rings. The van der Waals surface area contributed by atoms with E-state index in [2.05, 4.69) is 23.5 Å². The summed E-state index contributed by atoms with van der Waals surface area (Å²) in [6.45, 7) is 5.25. The third-order valence-corrected chi connectivity index (χ3v) is 4.88. The van der Waals surface area contributed by atoms with Crippen LogP contribution in [-0.4, -0.2) is 24.3 Å². The Bertz CT molecular complexity index is 631. The van der Waals surface area contributed by atoms with Crippen LogP contribution in [0.1, 0.15) is 25.0 Å². The minimum Gasteiger partial charge on any atom is -0.494 e. The number of rotatable bonds is 9. The maximum absolute atomic E-state index is 12.2. The van der Waals surface area contributed by atoms with Crippen molar-refractivity contribution in [3.05, 3.63) is 65.7 Å². The van der Waals surface area contributed by atoms with Crippen molar-refractivity contribution < 1.29 is 9.53 Å². The number of hydrogen-bond acceptors (Lipinski definition) is 3. The molecular weight excluding hydrogens is 318 g/mol. The van der Waals surface area contributed by atoms with Gasteiger partial charge in [-0.3, -0.25) is 4.79 Å². The summed E-state index contributed by atoms with van der Waals surface area (Å²) < 4.78 is 5.63. The zero-order valence-corrected chi connectivity index (χ0v) is 15.1. The van der Waals surface area contributed by atoms with Crippen LogP contribution in [0, 0.1) is 0 Å². The molecule has 0 radical (unpaired) electrons. The molecule has 1 N–H and O–H groups in total. The molecule has 1 unspecified atom stereocenters. The average Bonchev–Trinajstić information content (AvgIpc) is 2.62. The Morgan fingerprint density at radius 1 is 1.12 bits per heavy atom. The number of para-hydroxylation sites is 1. The van der Waals surface area contributed by atoms with Gasteiger partial charge in [0, 0.05) is 17.9 Å². The SMILES string of the molecule is CCOc1ccccc1CSC(C)C(=O)NCCc1ccccc1. The standard InChI is InChI=1S/C20H25NO2S/c1-3-23-19-12-8-7-11-18(19)15-24-16(2)20(22)21-14-13-17-9-5-4-6-10-17/h4-12,16H,3,13-15H2,1-2H3,(H,21,22). The van der Waals surface area contributed by atoms with Crippen LogP contribution in [-0.2, 0) is 17.0 Å². The first-order chi connectivity index (χ1) is 11.7. The van der Waals surface area contributed by atoms with E-state index in [-0.39, 0.29) is 11.2 Å². The first kappa shape index (κ1) is 18.4. The molecule has 2 rings (SSSR count). The predicted octanol–water partition coefficient (Wildman–Crippen LogP) is 4.07. The van der Waals surface area contributed by atoms with Crippen molar-refractivity contribution in [1.82, 2.24) is 5.32 Å². The van der Waals surface area contributed by atoms with Crippen LogP contribution < -0.4 is 10.1 Å². The summed E-state index contributed by atoms with van der Waals surface area (Å²) in [5, 5.41) is 2.93. The molecular formula is C20H25NO2S. The van der Waals surface area contributed by atoms with E-state index in [1.54, 1.807) is 11.8 Å². The molecule has 3 nitrogen and oxygen atoms in total.